The van der Waals surface area contributed by atoms with Gasteiger partial charge in [-0.25, -0.2) is 13.4 Å². The first kappa shape index (κ1) is 17.8. The summed E-state index contributed by atoms with van der Waals surface area (Å²) in [4.78, 5) is 4.07. The minimum atomic E-state index is -3.30. The molecule has 0 radical (unpaired) electrons. The lowest BCUT2D eigenvalue weighted by atomic mass is 10.3. The molecule has 0 aliphatic heterocycles. The molecular weight excluding hydrogens is 304 g/mol. The molecule has 0 spiro atoms. The maximum Gasteiger partial charge on any atom is 0.229 e. The zero-order chi connectivity index (χ0) is 16.6. The van der Waals surface area contributed by atoms with Crippen molar-refractivity contribution in [1.82, 2.24) is 5.32 Å². The number of aliphatic imine (C=N–C) groups is 1. The second-order valence-electron chi connectivity index (χ2n) is 4.84. The summed E-state index contributed by atoms with van der Waals surface area (Å²) in [7, 11) is -3.30. The molecule has 7 nitrogen and oxygen atoms in total. The first-order chi connectivity index (χ1) is 10.3. The number of benzene rings is 1. The molecule has 22 heavy (non-hydrogen) atoms. The SMILES string of the molecule is C=C(C)CN=C(N)NCCOc1cccc(NS(C)(=O)=O)c1. The lowest BCUT2D eigenvalue weighted by Crippen LogP contribution is -2.34. The number of rotatable bonds is 8. The van der Waals surface area contributed by atoms with Crippen LogP contribution in [0.4, 0.5) is 5.69 Å². The normalized spacial score (nSPS) is 11.8. The summed E-state index contributed by atoms with van der Waals surface area (Å²) in [6.07, 6.45) is 1.09. The molecule has 0 aliphatic carbocycles. The molecule has 0 unspecified atom stereocenters. The largest absolute Gasteiger partial charge is 0.492 e. The van der Waals surface area contributed by atoms with Gasteiger partial charge in [-0.15, -0.1) is 0 Å². The third-order valence-corrected chi connectivity index (χ3v) is 2.94. The Morgan fingerprint density at radius 1 is 1.45 bits per heavy atom. The van der Waals surface area contributed by atoms with Crippen LogP contribution in [0.15, 0.2) is 41.4 Å². The molecule has 122 valence electrons. The standard InChI is InChI=1S/C14H22N4O3S/c1-11(2)10-17-14(15)16-7-8-21-13-6-4-5-12(9-13)18-22(3,19)20/h4-6,9,18H,1,7-8,10H2,2-3H3,(H3,15,16,17). The van der Waals surface area contributed by atoms with E-state index in [4.69, 9.17) is 10.5 Å². The Kier molecular flexibility index (Phi) is 6.71. The van der Waals surface area contributed by atoms with Crippen LogP contribution in [-0.2, 0) is 10.0 Å². The number of hydrogen-bond acceptors (Lipinski definition) is 4. The van der Waals surface area contributed by atoms with E-state index in [1.165, 1.54) is 0 Å². The fraction of sp³-hybridized carbons (Fsp3) is 0.357. The molecule has 0 amide bonds. The van der Waals surface area contributed by atoms with Crippen LogP contribution < -0.4 is 20.5 Å². The van der Waals surface area contributed by atoms with Crippen LogP contribution in [0.2, 0.25) is 0 Å². The van der Waals surface area contributed by atoms with Gasteiger partial charge < -0.3 is 15.8 Å². The Bertz CT molecular complexity index is 641. The smallest absolute Gasteiger partial charge is 0.229 e. The van der Waals surface area contributed by atoms with Gasteiger partial charge in [0.1, 0.15) is 12.4 Å². The number of sulfonamides is 1. The summed E-state index contributed by atoms with van der Waals surface area (Å²) >= 11 is 0. The highest BCUT2D eigenvalue weighted by molar-refractivity contribution is 7.92. The minimum Gasteiger partial charge on any atom is -0.492 e. The molecule has 8 heteroatoms. The molecule has 0 fully saturated rings. The van der Waals surface area contributed by atoms with Crippen molar-refractivity contribution >= 4 is 21.7 Å². The predicted molar refractivity (Wildman–Crippen MR) is 89.7 cm³/mol. The summed E-state index contributed by atoms with van der Waals surface area (Å²) in [5.41, 5.74) is 7.04. The number of ether oxygens (including phenoxy) is 1. The molecule has 0 aliphatic rings. The summed E-state index contributed by atoms with van der Waals surface area (Å²) in [6.45, 7) is 6.94. The zero-order valence-electron chi connectivity index (χ0n) is 12.8. The van der Waals surface area contributed by atoms with E-state index >= 15 is 0 Å². The summed E-state index contributed by atoms with van der Waals surface area (Å²) < 4.78 is 30.2. The number of anilines is 1. The average Bonchev–Trinajstić information content (AvgIpc) is 2.40. The molecule has 0 bridgehead atoms. The second-order valence-corrected chi connectivity index (χ2v) is 6.58. The summed E-state index contributed by atoms with van der Waals surface area (Å²) in [5.74, 6) is 0.895. The fourth-order valence-electron chi connectivity index (χ4n) is 1.49. The van der Waals surface area contributed by atoms with Crippen molar-refractivity contribution in [1.29, 1.82) is 0 Å². The summed E-state index contributed by atoms with van der Waals surface area (Å²) in [6, 6.07) is 6.71. The number of nitrogens with two attached hydrogens (primary N) is 1. The van der Waals surface area contributed by atoms with Crippen molar-refractivity contribution in [3.05, 3.63) is 36.4 Å². The molecule has 0 atom stereocenters. The van der Waals surface area contributed by atoms with Gasteiger partial charge >= 0.3 is 0 Å². The number of nitrogens with zero attached hydrogens (tertiary/aromatic N) is 1. The highest BCUT2D eigenvalue weighted by Gasteiger charge is 2.03. The van der Waals surface area contributed by atoms with E-state index in [-0.39, 0.29) is 0 Å². The van der Waals surface area contributed by atoms with Crippen molar-refractivity contribution in [3.63, 3.8) is 0 Å². The molecule has 0 heterocycles. The Balaban J connectivity index is 2.41. The number of hydrogen-bond donors (Lipinski definition) is 3. The van der Waals surface area contributed by atoms with E-state index in [0.29, 0.717) is 37.1 Å². The van der Waals surface area contributed by atoms with Gasteiger partial charge in [0.05, 0.1) is 25.0 Å². The molecule has 0 aromatic heterocycles. The van der Waals surface area contributed by atoms with Gasteiger partial charge in [0, 0.05) is 6.07 Å². The van der Waals surface area contributed by atoms with Crippen LogP contribution in [0.5, 0.6) is 5.75 Å². The van der Waals surface area contributed by atoms with Gasteiger partial charge in [-0.05, 0) is 19.1 Å². The molecule has 1 aromatic rings. The van der Waals surface area contributed by atoms with E-state index in [2.05, 4.69) is 21.6 Å². The second kappa shape index (κ2) is 8.28. The number of guanidine groups is 1. The van der Waals surface area contributed by atoms with Gasteiger partial charge in [0.2, 0.25) is 10.0 Å². The maximum absolute atomic E-state index is 11.2. The molecule has 4 N–H and O–H groups in total. The van der Waals surface area contributed by atoms with Crippen LogP contribution >= 0.6 is 0 Å². The van der Waals surface area contributed by atoms with Crippen LogP contribution in [0.1, 0.15) is 6.92 Å². The van der Waals surface area contributed by atoms with Crippen molar-refractivity contribution in [2.24, 2.45) is 10.7 Å². The first-order valence-electron chi connectivity index (χ1n) is 6.65. The fourth-order valence-corrected chi connectivity index (χ4v) is 2.04. The minimum absolute atomic E-state index is 0.332. The van der Waals surface area contributed by atoms with E-state index in [0.717, 1.165) is 11.8 Å². The van der Waals surface area contributed by atoms with E-state index in [1.54, 1.807) is 24.3 Å². The molecule has 1 rings (SSSR count). The van der Waals surface area contributed by atoms with Crippen molar-refractivity contribution < 1.29 is 13.2 Å². The number of nitrogens with one attached hydrogen (secondary N) is 2. The van der Waals surface area contributed by atoms with Gasteiger partial charge in [-0.1, -0.05) is 18.2 Å². The van der Waals surface area contributed by atoms with Gasteiger partial charge in [-0.3, -0.25) is 4.72 Å². The average molecular weight is 326 g/mol. The van der Waals surface area contributed by atoms with Crippen molar-refractivity contribution in [2.45, 2.75) is 6.92 Å². The quantitative estimate of drug-likeness (QED) is 0.285. The van der Waals surface area contributed by atoms with E-state index in [9.17, 15) is 8.42 Å². The topological polar surface area (TPSA) is 106 Å². The molecule has 0 saturated heterocycles. The highest BCUT2D eigenvalue weighted by atomic mass is 32.2. The van der Waals surface area contributed by atoms with Crippen LogP contribution in [0.3, 0.4) is 0 Å². The maximum atomic E-state index is 11.2. The third kappa shape index (κ3) is 8.15. The van der Waals surface area contributed by atoms with E-state index in [1.807, 2.05) is 6.92 Å². The van der Waals surface area contributed by atoms with E-state index < -0.39 is 10.0 Å². The predicted octanol–water partition coefficient (Wildman–Crippen LogP) is 0.917. The third-order valence-electron chi connectivity index (χ3n) is 2.33. The van der Waals surface area contributed by atoms with Crippen LogP contribution in [0.25, 0.3) is 0 Å². The Morgan fingerprint density at radius 3 is 2.82 bits per heavy atom. The van der Waals surface area contributed by atoms with Crippen LogP contribution in [-0.4, -0.2) is 40.3 Å². The van der Waals surface area contributed by atoms with Gasteiger partial charge in [0.15, 0.2) is 5.96 Å². The Morgan fingerprint density at radius 2 is 2.18 bits per heavy atom. The first-order valence-corrected chi connectivity index (χ1v) is 8.54. The molecule has 1 aromatic carbocycles. The lowest BCUT2D eigenvalue weighted by molar-refractivity contribution is 0.322. The van der Waals surface area contributed by atoms with Gasteiger partial charge in [-0.2, -0.15) is 0 Å². The van der Waals surface area contributed by atoms with Crippen LogP contribution in [0, 0.1) is 0 Å². The van der Waals surface area contributed by atoms with Crippen molar-refractivity contribution in [3.8, 4) is 5.75 Å². The van der Waals surface area contributed by atoms with Gasteiger partial charge in [0.25, 0.3) is 0 Å². The molecular formula is C14H22N4O3S. The highest BCUT2D eigenvalue weighted by Crippen LogP contribution is 2.17. The lowest BCUT2D eigenvalue weighted by Gasteiger charge is -2.10. The molecule has 0 saturated carbocycles. The Hall–Kier alpha value is -2.22. The zero-order valence-corrected chi connectivity index (χ0v) is 13.6. The Labute approximate surface area is 131 Å². The monoisotopic (exact) mass is 326 g/mol. The van der Waals surface area contributed by atoms with Crippen molar-refractivity contribution in [2.75, 3.05) is 30.7 Å². The summed E-state index contributed by atoms with van der Waals surface area (Å²) in [5, 5.41) is 2.91.